The van der Waals surface area contributed by atoms with Crippen molar-refractivity contribution in [1.82, 2.24) is 14.5 Å². The van der Waals surface area contributed by atoms with Gasteiger partial charge < -0.3 is 16.0 Å². The number of aryl methyl sites for hydroxylation is 1. The summed E-state index contributed by atoms with van der Waals surface area (Å²) in [5, 5.41) is 1.91. The van der Waals surface area contributed by atoms with Gasteiger partial charge in [-0.3, -0.25) is 0 Å². The average molecular weight is 303 g/mol. The Morgan fingerprint density at radius 1 is 1.04 bits per heavy atom. The molecule has 0 aliphatic rings. The quantitative estimate of drug-likeness (QED) is 0.596. The highest BCUT2D eigenvalue weighted by atomic mass is 15.0. The van der Waals surface area contributed by atoms with Crippen molar-refractivity contribution in [2.24, 2.45) is 0 Å². The lowest BCUT2D eigenvalue weighted by atomic mass is 10.1. The van der Waals surface area contributed by atoms with Crippen LogP contribution in [0, 0.1) is 6.92 Å². The average Bonchev–Trinajstić information content (AvgIpc) is 2.89. The number of nitrogens with zero attached hydrogens (tertiary/aromatic N) is 3. The normalized spacial score (nSPS) is 11.3. The number of nitrogen functional groups attached to an aromatic ring is 2. The van der Waals surface area contributed by atoms with Gasteiger partial charge in [0.15, 0.2) is 0 Å². The van der Waals surface area contributed by atoms with Crippen molar-refractivity contribution in [3.8, 4) is 0 Å². The summed E-state index contributed by atoms with van der Waals surface area (Å²) in [6.07, 6.45) is 2.07. The minimum Gasteiger partial charge on any atom is -0.383 e. The van der Waals surface area contributed by atoms with E-state index in [-0.39, 0.29) is 5.95 Å². The van der Waals surface area contributed by atoms with E-state index in [1.54, 1.807) is 0 Å². The third kappa shape index (κ3) is 2.26. The molecular formula is C18H17N5. The zero-order valence-electron chi connectivity index (χ0n) is 12.8. The second kappa shape index (κ2) is 4.98. The number of anilines is 2. The molecular weight excluding hydrogens is 286 g/mol. The first-order valence-corrected chi connectivity index (χ1v) is 7.48. The number of aromatic nitrogens is 3. The third-order valence-electron chi connectivity index (χ3n) is 4.09. The van der Waals surface area contributed by atoms with E-state index < -0.39 is 0 Å². The molecule has 4 aromatic rings. The van der Waals surface area contributed by atoms with E-state index in [9.17, 15) is 0 Å². The van der Waals surface area contributed by atoms with Crippen LogP contribution in [0.4, 0.5) is 11.8 Å². The topological polar surface area (TPSA) is 82.8 Å². The Hall–Kier alpha value is -3.08. The summed E-state index contributed by atoms with van der Waals surface area (Å²) in [4.78, 5) is 8.36. The molecule has 2 aromatic carbocycles. The molecule has 0 amide bonds. The molecule has 5 heteroatoms. The summed E-state index contributed by atoms with van der Waals surface area (Å²) < 4.78 is 2.21. The Balaban J connectivity index is 1.88. The fourth-order valence-electron chi connectivity index (χ4n) is 3.10. The van der Waals surface area contributed by atoms with Crippen LogP contribution in [-0.2, 0) is 6.54 Å². The first-order chi connectivity index (χ1) is 11.1. The lowest BCUT2D eigenvalue weighted by molar-refractivity contribution is 0.836. The van der Waals surface area contributed by atoms with Crippen LogP contribution in [0.3, 0.4) is 0 Å². The van der Waals surface area contributed by atoms with Crippen molar-refractivity contribution in [3.05, 3.63) is 59.8 Å². The maximum atomic E-state index is 6.06. The van der Waals surface area contributed by atoms with Gasteiger partial charge in [-0.25, -0.2) is 4.98 Å². The van der Waals surface area contributed by atoms with Gasteiger partial charge in [-0.2, -0.15) is 4.98 Å². The number of fused-ring (bicyclic) bond motifs is 3. The summed E-state index contributed by atoms with van der Waals surface area (Å²) in [6.45, 7) is 2.92. The molecule has 5 nitrogen and oxygen atoms in total. The minimum absolute atomic E-state index is 0.202. The second-order valence-electron chi connectivity index (χ2n) is 5.79. The number of rotatable bonds is 2. The molecule has 4 N–H and O–H groups in total. The van der Waals surface area contributed by atoms with Gasteiger partial charge in [-0.05, 0) is 30.7 Å². The number of hydrogen-bond donors (Lipinski definition) is 2. The van der Waals surface area contributed by atoms with Crippen molar-refractivity contribution in [3.63, 3.8) is 0 Å². The molecule has 2 heterocycles. The zero-order chi connectivity index (χ0) is 16.0. The van der Waals surface area contributed by atoms with Crippen molar-refractivity contribution >= 4 is 33.6 Å². The Morgan fingerprint density at radius 2 is 1.91 bits per heavy atom. The largest absolute Gasteiger partial charge is 0.383 e. The number of nitrogens with two attached hydrogens (primary N) is 2. The summed E-state index contributed by atoms with van der Waals surface area (Å²) in [5.41, 5.74) is 16.2. The molecule has 0 spiro atoms. The first kappa shape index (κ1) is 13.6. The molecule has 0 radical (unpaired) electrons. The van der Waals surface area contributed by atoms with E-state index in [4.69, 9.17) is 11.5 Å². The highest BCUT2D eigenvalue weighted by molar-refractivity contribution is 6.10. The van der Waals surface area contributed by atoms with Crippen LogP contribution in [0.15, 0.2) is 48.7 Å². The van der Waals surface area contributed by atoms with E-state index in [1.807, 2.05) is 6.07 Å². The Bertz CT molecular complexity index is 1030. The van der Waals surface area contributed by atoms with E-state index in [0.717, 1.165) is 28.4 Å². The minimum atomic E-state index is 0.202. The smallest absolute Gasteiger partial charge is 0.222 e. The standard InChI is InChI=1S/C18H17N5/c1-11-3-2-4-12(9-11)10-23-8-7-13-15(23)6-5-14-16(13)17(19)22-18(20)21-14/h2-9H,10H2,1H3,(H4,19,20,21,22). The van der Waals surface area contributed by atoms with Crippen molar-refractivity contribution in [2.45, 2.75) is 13.5 Å². The molecule has 23 heavy (non-hydrogen) atoms. The van der Waals surface area contributed by atoms with Crippen molar-refractivity contribution < 1.29 is 0 Å². The number of hydrogen-bond acceptors (Lipinski definition) is 4. The second-order valence-corrected chi connectivity index (χ2v) is 5.79. The van der Waals surface area contributed by atoms with Crippen LogP contribution in [0.25, 0.3) is 21.8 Å². The molecule has 0 bridgehead atoms. The van der Waals surface area contributed by atoms with E-state index in [1.165, 1.54) is 11.1 Å². The van der Waals surface area contributed by atoms with Crippen molar-refractivity contribution in [2.75, 3.05) is 11.5 Å². The van der Waals surface area contributed by atoms with Crippen LogP contribution in [0.2, 0.25) is 0 Å². The van der Waals surface area contributed by atoms with E-state index in [2.05, 4.69) is 64.1 Å². The summed E-state index contributed by atoms with van der Waals surface area (Å²) in [7, 11) is 0. The van der Waals surface area contributed by atoms with Crippen LogP contribution in [0.5, 0.6) is 0 Å². The molecule has 2 aromatic heterocycles. The molecule has 0 aliphatic heterocycles. The van der Waals surface area contributed by atoms with Gasteiger partial charge in [0.25, 0.3) is 0 Å². The summed E-state index contributed by atoms with van der Waals surface area (Å²) in [5.74, 6) is 0.625. The van der Waals surface area contributed by atoms with Gasteiger partial charge in [0.1, 0.15) is 5.82 Å². The first-order valence-electron chi connectivity index (χ1n) is 7.48. The third-order valence-corrected chi connectivity index (χ3v) is 4.09. The fraction of sp³-hybridized carbons (Fsp3) is 0.111. The van der Waals surface area contributed by atoms with Crippen LogP contribution in [0.1, 0.15) is 11.1 Å². The van der Waals surface area contributed by atoms with E-state index >= 15 is 0 Å². The van der Waals surface area contributed by atoms with Crippen LogP contribution < -0.4 is 11.5 Å². The molecule has 0 aliphatic carbocycles. The molecule has 4 rings (SSSR count). The van der Waals surface area contributed by atoms with Gasteiger partial charge >= 0.3 is 0 Å². The molecule has 0 saturated carbocycles. The predicted molar refractivity (Wildman–Crippen MR) is 94.1 cm³/mol. The van der Waals surface area contributed by atoms with Crippen LogP contribution in [-0.4, -0.2) is 14.5 Å². The lowest BCUT2D eigenvalue weighted by Gasteiger charge is -2.08. The molecule has 114 valence electrons. The van der Waals surface area contributed by atoms with Gasteiger partial charge in [0, 0.05) is 23.6 Å². The van der Waals surface area contributed by atoms with Gasteiger partial charge in [-0.1, -0.05) is 29.8 Å². The monoisotopic (exact) mass is 303 g/mol. The Kier molecular flexibility index (Phi) is 2.94. The highest BCUT2D eigenvalue weighted by Crippen LogP contribution is 2.29. The lowest BCUT2D eigenvalue weighted by Crippen LogP contribution is -2.01. The maximum absolute atomic E-state index is 6.06. The van der Waals surface area contributed by atoms with E-state index in [0.29, 0.717) is 5.82 Å². The fourth-order valence-corrected chi connectivity index (χ4v) is 3.10. The molecule has 0 saturated heterocycles. The SMILES string of the molecule is Cc1cccc(Cn2ccc3c4c(N)nc(N)nc4ccc32)c1. The Morgan fingerprint density at radius 3 is 2.74 bits per heavy atom. The summed E-state index contributed by atoms with van der Waals surface area (Å²) in [6, 6.07) is 14.6. The van der Waals surface area contributed by atoms with Crippen molar-refractivity contribution in [1.29, 1.82) is 0 Å². The van der Waals surface area contributed by atoms with Gasteiger partial charge in [-0.15, -0.1) is 0 Å². The maximum Gasteiger partial charge on any atom is 0.222 e. The molecule has 0 unspecified atom stereocenters. The molecule has 0 fully saturated rings. The number of benzene rings is 2. The van der Waals surface area contributed by atoms with Gasteiger partial charge in [0.2, 0.25) is 5.95 Å². The predicted octanol–water partition coefficient (Wildman–Crippen LogP) is 3.11. The van der Waals surface area contributed by atoms with Crippen LogP contribution >= 0.6 is 0 Å². The summed E-state index contributed by atoms with van der Waals surface area (Å²) >= 11 is 0. The zero-order valence-corrected chi connectivity index (χ0v) is 12.8. The molecule has 0 atom stereocenters. The highest BCUT2D eigenvalue weighted by Gasteiger charge is 2.11. The Labute approximate surface area is 133 Å². The van der Waals surface area contributed by atoms with Gasteiger partial charge in [0.05, 0.1) is 10.9 Å².